The van der Waals surface area contributed by atoms with E-state index in [9.17, 15) is 10.2 Å². The van der Waals surface area contributed by atoms with Gasteiger partial charge in [0.15, 0.2) is 0 Å². The molecule has 0 heterocycles. The largest absolute Gasteiger partial charge is 0.508 e. The van der Waals surface area contributed by atoms with Crippen LogP contribution in [0.4, 0.5) is 0 Å². The van der Waals surface area contributed by atoms with Gasteiger partial charge in [-0.05, 0) is 36.1 Å². The van der Waals surface area contributed by atoms with Crippen LogP contribution in [0.5, 0.6) is 5.75 Å². The molecule has 0 amide bonds. The highest BCUT2D eigenvalue weighted by atomic mass is 32.1. The summed E-state index contributed by atoms with van der Waals surface area (Å²) >= 11 is 4.27. The van der Waals surface area contributed by atoms with E-state index in [1.54, 1.807) is 18.2 Å². The zero-order valence-corrected chi connectivity index (χ0v) is 9.67. The molecule has 15 heavy (non-hydrogen) atoms. The molecule has 0 radical (unpaired) electrons. The second kappa shape index (κ2) is 5.24. The van der Waals surface area contributed by atoms with Gasteiger partial charge >= 0.3 is 0 Å². The van der Waals surface area contributed by atoms with Gasteiger partial charge in [-0.1, -0.05) is 13.0 Å². The monoisotopic (exact) mass is 224 g/mol. The molecule has 0 aliphatic heterocycles. The van der Waals surface area contributed by atoms with Crippen LogP contribution in [0, 0.1) is 0 Å². The van der Waals surface area contributed by atoms with Crippen molar-refractivity contribution < 1.29 is 10.2 Å². The Balaban J connectivity index is 3.19. The summed E-state index contributed by atoms with van der Waals surface area (Å²) in [6, 6.07) is 3.21. The molecule has 0 aromatic heterocycles. The van der Waals surface area contributed by atoms with Crippen molar-refractivity contribution in [3.05, 3.63) is 35.9 Å². The summed E-state index contributed by atoms with van der Waals surface area (Å²) in [6.45, 7) is 5.57. The third-order valence-electron chi connectivity index (χ3n) is 2.33. The van der Waals surface area contributed by atoms with Gasteiger partial charge in [-0.25, -0.2) is 0 Å². The van der Waals surface area contributed by atoms with Crippen LogP contribution < -0.4 is 0 Å². The lowest BCUT2D eigenvalue weighted by Crippen LogP contribution is -2.02. The van der Waals surface area contributed by atoms with Crippen LogP contribution in [0.15, 0.2) is 29.7 Å². The standard InChI is InChI=1S/C12H16O2S/c1-3-5-10(14)12-8(4-2)6-9(13)7-11(12)15/h3,6-7,10,13-15H,1,4-5H2,2H3. The molecular formula is C12H16O2S. The number of thiol groups is 1. The normalized spacial score (nSPS) is 12.5. The Morgan fingerprint density at radius 3 is 2.73 bits per heavy atom. The van der Waals surface area contributed by atoms with Crippen molar-refractivity contribution in [3.63, 3.8) is 0 Å². The number of aliphatic hydroxyl groups excluding tert-OH is 1. The number of hydrogen-bond donors (Lipinski definition) is 3. The van der Waals surface area contributed by atoms with Crippen molar-refractivity contribution in [3.8, 4) is 5.75 Å². The molecule has 0 saturated carbocycles. The van der Waals surface area contributed by atoms with Gasteiger partial charge in [0.2, 0.25) is 0 Å². The van der Waals surface area contributed by atoms with Crippen LogP contribution in [-0.4, -0.2) is 10.2 Å². The zero-order valence-electron chi connectivity index (χ0n) is 8.77. The molecule has 2 N–H and O–H groups in total. The van der Waals surface area contributed by atoms with Crippen LogP contribution in [0.25, 0.3) is 0 Å². The summed E-state index contributed by atoms with van der Waals surface area (Å²) in [5, 5.41) is 19.3. The first-order chi connectivity index (χ1) is 7.10. The molecule has 1 rings (SSSR count). The summed E-state index contributed by atoms with van der Waals surface area (Å²) in [6.07, 6.45) is 2.33. The Morgan fingerprint density at radius 2 is 2.20 bits per heavy atom. The zero-order chi connectivity index (χ0) is 11.4. The maximum absolute atomic E-state index is 9.90. The molecule has 82 valence electrons. The number of hydrogen-bond acceptors (Lipinski definition) is 3. The average molecular weight is 224 g/mol. The molecule has 1 aromatic rings. The van der Waals surface area contributed by atoms with Gasteiger partial charge in [0.1, 0.15) is 5.75 Å². The number of rotatable bonds is 4. The molecule has 0 spiro atoms. The van der Waals surface area contributed by atoms with Gasteiger partial charge in [0.25, 0.3) is 0 Å². The summed E-state index contributed by atoms with van der Waals surface area (Å²) in [5.41, 5.74) is 1.72. The smallest absolute Gasteiger partial charge is 0.116 e. The van der Waals surface area contributed by atoms with Gasteiger partial charge < -0.3 is 10.2 Å². The van der Waals surface area contributed by atoms with Gasteiger partial charge in [0.05, 0.1) is 6.10 Å². The first-order valence-electron chi connectivity index (χ1n) is 4.93. The lowest BCUT2D eigenvalue weighted by atomic mass is 9.98. The Kier molecular flexibility index (Phi) is 4.24. The highest BCUT2D eigenvalue weighted by molar-refractivity contribution is 7.80. The van der Waals surface area contributed by atoms with Gasteiger partial charge in [-0.3, -0.25) is 0 Å². The molecule has 0 bridgehead atoms. The number of benzene rings is 1. The van der Waals surface area contributed by atoms with E-state index in [0.29, 0.717) is 11.3 Å². The SMILES string of the molecule is C=CCC(O)c1c(S)cc(O)cc1CC. The number of phenolic OH excluding ortho intramolecular Hbond substituents is 1. The van der Waals surface area contributed by atoms with E-state index in [4.69, 9.17) is 0 Å². The lowest BCUT2D eigenvalue weighted by molar-refractivity contribution is 0.177. The van der Waals surface area contributed by atoms with Crippen LogP contribution in [0.2, 0.25) is 0 Å². The van der Waals surface area contributed by atoms with E-state index in [0.717, 1.165) is 17.5 Å². The van der Waals surface area contributed by atoms with Crippen molar-refractivity contribution in [1.82, 2.24) is 0 Å². The molecule has 0 saturated heterocycles. The Hall–Kier alpha value is -0.930. The van der Waals surface area contributed by atoms with Gasteiger partial charge in [-0.2, -0.15) is 0 Å². The van der Waals surface area contributed by atoms with Gasteiger partial charge in [-0.15, -0.1) is 19.2 Å². The maximum Gasteiger partial charge on any atom is 0.116 e. The third kappa shape index (κ3) is 2.76. The van der Waals surface area contributed by atoms with Crippen molar-refractivity contribution in [2.45, 2.75) is 30.8 Å². The summed E-state index contributed by atoms with van der Waals surface area (Å²) in [5.74, 6) is 0.186. The minimum Gasteiger partial charge on any atom is -0.508 e. The molecule has 3 heteroatoms. The van der Waals surface area contributed by atoms with Crippen LogP contribution in [-0.2, 0) is 6.42 Å². The third-order valence-corrected chi connectivity index (χ3v) is 2.70. The fourth-order valence-corrected chi connectivity index (χ4v) is 2.06. The predicted octanol–water partition coefficient (Wildman–Crippen LogP) is 2.85. The average Bonchev–Trinajstić information content (AvgIpc) is 2.16. The minimum absolute atomic E-state index is 0.186. The number of phenols is 1. The molecule has 1 aromatic carbocycles. The van der Waals surface area contributed by atoms with Crippen molar-refractivity contribution in [1.29, 1.82) is 0 Å². The van der Waals surface area contributed by atoms with Crippen LogP contribution in [0.1, 0.15) is 30.6 Å². The highest BCUT2D eigenvalue weighted by Crippen LogP contribution is 2.31. The quantitative estimate of drug-likeness (QED) is 0.543. The van der Waals surface area contributed by atoms with Crippen molar-refractivity contribution in [2.75, 3.05) is 0 Å². The molecule has 0 aliphatic rings. The number of aliphatic hydroxyl groups is 1. The van der Waals surface area contributed by atoms with Crippen LogP contribution >= 0.6 is 12.6 Å². The molecular weight excluding hydrogens is 208 g/mol. The predicted molar refractivity (Wildman–Crippen MR) is 64.5 cm³/mol. The minimum atomic E-state index is -0.592. The number of aryl methyl sites for hydroxylation is 1. The molecule has 0 fully saturated rings. The first-order valence-corrected chi connectivity index (χ1v) is 5.38. The van der Waals surface area contributed by atoms with E-state index >= 15 is 0 Å². The molecule has 1 atom stereocenters. The second-order valence-electron chi connectivity index (χ2n) is 3.43. The van der Waals surface area contributed by atoms with E-state index in [2.05, 4.69) is 19.2 Å². The van der Waals surface area contributed by atoms with Crippen molar-refractivity contribution >= 4 is 12.6 Å². The highest BCUT2D eigenvalue weighted by Gasteiger charge is 2.14. The van der Waals surface area contributed by atoms with Gasteiger partial charge in [0, 0.05) is 4.90 Å². The Bertz CT molecular complexity index is 361. The van der Waals surface area contributed by atoms with E-state index < -0.39 is 6.10 Å². The van der Waals surface area contributed by atoms with E-state index in [1.807, 2.05) is 6.92 Å². The van der Waals surface area contributed by atoms with Crippen molar-refractivity contribution in [2.24, 2.45) is 0 Å². The van der Waals surface area contributed by atoms with Crippen LogP contribution in [0.3, 0.4) is 0 Å². The Morgan fingerprint density at radius 1 is 1.53 bits per heavy atom. The van der Waals surface area contributed by atoms with E-state index in [-0.39, 0.29) is 5.75 Å². The maximum atomic E-state index is 9.90. The number of aromatic hydroxyl groups is 1. The second-order valence-corrected chi connectivity index (χ2v) is 3.91. The summed E-state index contributed by atoms with van der Waals surface area (Å²) in [4.78, 5) is 0.626. The molecule has 0 aliphatic carbocycles. The molecule has 1 unspecified atom stereocenters. The summed E-state index contributed by atoms with van der Waals surface area (Å²) in [7, 11) is 0. The Labute approximate surface area is 95.7 Å². The first kappa shape index (κ1) is 12.1. The van der Waals surface area contributed by atoms with E-state index in [1.165, 1.54) is 0 Å². The fourth-order valence-electron chi connectivity index (χ4n) is 1.63. The molecule has 2 nitrogen and oxygen atoms in total. The lowest BCUT2D eigenvalue weighted by Gasteiger charge is -2.16. The topological polar surface area (TPSA) is 40.5 Å². The summed E-state index contributed by atoms with van der Waals surface area (Å²) < 4.78 is 0. The fraction of sp³-hybridized carbons (Fsp3) is 0.333.